The normalized spacial score (nSPS) is 24.0. The predicted octanol–water partition coefficient (Wildman–Crippen LogP) is 5.94. The van der Waals surface area contributed by atoms with Crippen LogP contribution in [0.1, 0.15) is 68.9 Å². The van der Waals surface area contributed by atoms with Crippen molar-refractivity contribution >= 4 is 11.9 Å². The standard InChI is InChI=1S/C27H31NO3/c1-2-3-12-26(29)18-15-19-13-14-20(16-18)28(19)27(30)31-17-25-23-10-6-4-8-21(23)22-9-5-7-11-24(22)25/h4-11,18-20,25H,2-3,12-17H2,1H3. The van der Waals surface area contributed by atoms with E-state index in [9.17, 15) is 9.59 Å². The number of Topliss-reactive ketones (excluding diaryl/α,β-unsaturated/α-hetero) is 1. The minimum Gasteiger partial charge on any atom is -0.448 e. The van der Waals surface area contributed by atoms with Gasteiger partial charge in [-0.2, -0.15) is 0 Å². The number of piperidine rings is 1. The molecule has 1 aliphatic carbocycles. The fourth-order valence-corrected chi connectivity index (χ4v) is 5.96. The van der Waals surface area contributed by atoms with Crippen molar-refractivity contribution < 1.29 is 14.3 Å². The fourth-order valence-electron chi connectivity index (χ4n) is 5.96. The summed E-state index contributed by atoms with van der Waals surface area (Å²) in [4.78, 5) is 27.6. The Bertz CT molecular complexity index is 924. The van der Waals surface area contributed by atoms with Gasteiger partial charge in [0, 0.05) is 30.3 Å². The van der Waals surface area contributed by atoms with Gasteiger partial charge in [-0.15, -0.1) is 0 Å². The van der Waals surface area contributed by atoms with Gasteiger partial charge in [0.25, 0.3) is 0 Å². The Balaban J connectivity index is 1.26. The van der Waals surface area contributed by atoms with E-state index in [1.165, 1.54) is 22.3 Å². The van der Waals surface area contributed by atoms with Gasteiger partial charge in [-0.3, -0.25) is 4.79 Å². The van der Waals surface area contributed by atoms with Gasteiger partial charge in [-0.1, -0.05) is 61.9 Å². The summed E-state index contributed by atoms with van der Waals surface area (Å²) >= 11 is 0. The minimum atomic E-state index is -0.200. The maximum Gasteiger partial charge on any atom is 0.410 e. The first-order chi connectivity index (χ1) is 15.2. The lowest BCUT2D eigenvalue weighted by Crippen LogP contribution is -2.48. The first kappa shape index (κ1) is 20.3. The zero-order valence-corrected chi connectivity index (χ0v) is 18.3. The molecule has 0 N–H and O–H groups in total. The first-order valence-corrected chi connectivity index (χ1v) is 11.8. The van der Waals surface area contributed by atoms with E-state index in [0.717, 1.165) is 38.5 Å². The number of carbonyl (C=O) groups excluding carboxylic acids is 2. The lowest BCUT2D eigenvalue weighted by Gasteiger charge is -2.37. The molecule has 2 aromatic carbocycles. The number of unbranched alkanes of at least 4 members (excludes halogenated alkanes) is 1. The summed E-state index contributed by atoms with van der Waals surface area (Å²) in [5, 5.41) is 0. The summed E-state index contributed by atoms with van der Waals surface area (Å²) in [5.74, 6) is 0.606. The smallest absolute Gasteiger partial charge is 0.410 e. The van der Waals surface area contributed by atoms with Crippen LogP contribution < -0.4 is 0 Å². The number of ketones is 1. The van der Waals surface area contributed by atoms with Gasteiger partial charge in [0.1, 0.15) is 12.4 Å². The van der Waals surface area contributed by atoms with Crippen LogP contribution in [0.4, 0.5) is 4.79 Å². The van der Waals surface area contributed by atoms with Gasteiger partial charge in [-0.05, 0) is 54.4 Å². The highest BCUT2D eigenvalue weighted by Crippen LogP contribution is 2.45. The number of hydrogen-bond acceptors (Lipinski definition) is 3. The maximum atomic E-state index is 13.1. The molecule has 2 fully saturated rings. The molecule has 2 heterocycles. The molecule has 3 aliphatic rings. The van der Waals surface area contributed by atoms with Crippen molar-refractivity contribution in [2.24, 2.45) is 5.92 Å². The Morgan fingerprint density at radius 1 is 0.935 bits per heavy atom. The third-order valence-corrected chi connectivity index (χ3v) is 7.51. The third kappa shape index (κ3) is 3.66. The van der Waals surface area contributed by atoms with Crippen LogP contribution in [0, 0.1) is 5.92 Å². The molecule has 31 heavy (non-hydrogen) atoms. The largest absolute Gasteiger partial charge is 0.448 e. The van der Waals surface area contributed by atoms with Gasteiger partial charge < -0.3 is 9.64 Å². The topological polar surface area (TPSA) is 46.6 Å². The second kappa shape index (κ2) is 8.49. The van der Waals surface area contributed by atoms with Gasteiger partial charge >= 0.3 is 6.09 Å². The van der Waals surface area contributed by atoms with Gasteiger partial charge in [0.05, 0.1) is 0 Å². The van der Waals surface area contributed by atoms with E-state index in [1.54, 1.807) is 0 Å². The second-order valence-electron chi connectivity index (χ2n) is 9.33. The van der Waals surface area contributed by atoms with Crippen molar-refractivity contribution in [3.05, 3.63) is 59.7 Å². The number of fused-ring (bicyclic) bond motifs is 5. The molecule has 2 atom stereocenters. The zero-order valence-electron chi connectivity index (χ0n) is 18.3. The van der Waals surface area contributed by atoms with E-state index < -0.39 is 0 Å². The summed E-state index contributed by atoms with van der Waals surface area (Å²) in [6.07, 6.45) is 6.11. The number of amides is 1. The maximum absolute atomic E-state index is 13.1. The van der Waals surface area contributed by atoms with Crippen molar-refractivity contribution in [2.45, 2.75) is 69.9 Å². The fraction of sp³-hybridized carbons (Fsp3) is 0.481. The van der Waals surface area contributed by atoms with Crippen LogP contribution in [0.5, 0.6) is 0 Å². The van der Waals surface area contributed by atoms with E-state index in [2.05, 4.69) is 55.5 Å². The van der Waals surface area contributed by atoms with Gasteiger partial charge in [0.2, 0.25) is 0 Å². The van der Waals surface area contributed by atoms with E-state index in [1.807, 2.05) is 4.90 Å². The molecule has 0 saturated carbocycles. The minimum absolute atomic E-state index is 0.0853. The SMILES string of the molecule is CCCCC(=O)C1CC2CCC(C1)N2C(=O)OCC1c2ccccc2-c2ccccc21. The van der Waals surface area contributed by atoms with Crippen LogP contribution in [0.25, 0.3) is 11.1 Å². The third-order valence-electron chi connectivity index (χ3n) is 7.51. The van der Waals surface area contributed by atoms with E-state index in [0.29, 0.717) is 18.8 Å². The Hall–Kier alpha value is -2.62. The average molecular weight is 418 g/mol. The molecule has 0 radical (unpaired) electrons. The van der Waals surface area contributed by atoms with Gasteiger partial charge in [-0.25, -0.2) is 4.79 Å². The molecule has 2 bridgehead atoms. The number of ether oxygens (including phenoxy) is 1. The number of rotatable bonds is 6. The van der Waals surface area contributed by atoms with Crippen molar-refractivity contribution in [1.82, 2.24) is 4.90 Å². The van der Waals surface area contributed by atoms with Crippen molar-refractivity contribution in [2.75, 3.05) is 6.61 Å². The molecule has 1 amide bonds. The summed E-state index contributed by atoms with van der Waals surface area (Å²) in [6.45, 7) is 2.48. The Labute approximate surface area is 184 Å². The quantitative estimate of drug-likeness (QED) is 0.584. The van der Waals surface area contributed by atoms with E-state index >= 15 is 0 Å². The van der Waals surface area contributed by atoms with E-state index in [-0.39, 0.29) is 30.0 Å². The number of benzene rings is 2. The molecule has 2 aromatic rings. The van der Waals surface area contributed by atoms with E-state index in [4.69, 9.17) is 4.74 Å². The van der Waals surface area contributed by atoms with Crippen LogP contribution in [0.15, 0.2) is 48.5 Å². The van der Waals surface area contributed by atoms with Crippen LogP contribution >= 0.6 is 0 Å². The molecular weight excluding hydrogens is 386 g/mol. The van der Waals surface area contributed by atoms with Crippen LogP contribution in [-0.2, 0) is 9.53 Å². The molecule has 2 aliphatic heterocycles. The number of nitrogens with zero attached hydrogens (tertiary/aromatic N) is 1. The predicted molar refractivity (Wildman–Crippen MR) is 121 cm³/mol. The Morgan fingerprint density at radius 2 is 1.52 bits per heavy atom. The molecule has 4 nitrogen and oxygen atoms in total. The highest BCUT2D eigenvalue weighted by Gasteiger charge is 2.45. The summed E-state index contributed by atoms with van der Waals surface area (Å²) < 4.78 is 5.92. The van der Waals surface area contributed by atoms with Crippen molar-refractivity contribution in [1.29, 1.82) is 0 Å². The molecule has 2 saturated heterocycles. The van der Waals surface area contributed by atoms with Gasteiger partial charge in [0.15, 0.2) is 0 Å². The highest BCUT2D eigenvalue weighted by molar-refractivity contribution is 5.82. The van der Waals surface area contributed by atoms with Crippen molar-refractivity contribution in [3.63, 3.8) is 0 Å². The molecule has 0 aromatic heterocycles. The number of hydrogen-bond donors (Lipinski definition) is 0. The van der Waals surface area contributed by atoms with Crippen molar-refractivity contribution in [3.8, 4) is 11.1 Å². The molecular formula is C27H31NO3. The highest BCUT2D eigenvalue weighted by atomic mass is 16.6. The molecule has 2 unspecified atom stereocenters. The first-order valence-electron chi connectivity index (χ1n) is 11.8. The molecule has 4 heteroatoms. The lowest BCUT2D eigenvalue weighted by atomic mass is 9.86. The summed E-state index contributed by atoms with van der Waals surface area (Å²) in [7, 11) is 0. The second-order valence-corrected chi connectivity index (χ2v) is 9.33. The lowest BCUT2D eigenvalue weighted by molar-refractivity contribution is -0.125. The number of carbonyl (C=O) groups is 2. The van der Waals surface area contributed by atoms with Crippen LogP contribution in [0.2, 0.25) is 0 Å². The molecule has 162 valence electrons. The van der Waals surface area contributed by atoms with Crippen LogP contribution in [0.3, 0.4) is 0 Å². The zero-order chi connectivity index (χ0) is 21.4. The molecule has 0 spiro atoms. The Morgan fingerprint density at radius 3 is 2.10 bits per heavy atom. The molecule has 5 rings (SSSR count). The Kier molecular flexibility index (Phi) is 5.56. The van der Waals surface area contributed by atoms with Crippen LogP contribution in [-0.4, -0.2) is 35.5 Å². The average Bonchev–Trinajstić information content (AvgIpc) is 3.26. The summed E-state index contributed by atoms with van der Waals surface area (Å²) in [5.41, 5.74) is 4.95. The summed E-state index contributed by atoms with van der Waals surface area (Å²) in [6, 6.07) is 17.1. The monoisotopic (exact) mass is 417 g/mol.